The van der Waals surface area contributed by atoms with Crippen LogP contribution in [0.2, 0.25) is 5.02 Å². The average molecular weight is 340 g/mol. The normalized spacial score (nSPS) is 20.9. The SMILES string of the molecule is CC1(C)CN(CCN2CCN(c3cc(Cl)c(O)cc3O)C2=O)C1. The molecule has 0 unspecified atom stereocenters. The summed E-state index contributed by atoms with van der Waals surface area (Å²) in [4.78, 5) is 18.1. The Morgan fingerprint density at radius 1 is 1.13 bits per heavy atom. The van der Waals surface area contributed by atoms with Crippen LogP contribution in [-0.2, 0) is 0 Å². The van der Waals surface area contributed by atoms with E-state index in [1.807, 2.05) is 0 Å². The van der Waals surface area contributed by atoms with E-state index in [0.717, 1.165) is 25.7 Å². The molecule has 0 aromatic heterocycles. The van der Waals surface area contributed by atoms with E-state index in [0.29, 0.717) is 30.7 Å². The van der Waals surface area contributed by atoms with Gasteiger partial charge in [-0.05, 0) is 11.5 Å². The van der Waals surface area contributed by atoms with Gasteiger partial charge in [-0.2, -0.15) is 0 Å². The molecule has 0 radical (unpaired) electrons. The molecular formula is C16H22ClN3O3. The van der Waals surface area contributed by atoms with Crippen LogP contribution in [0.1, 0.15) is 13.8 Å². The van der Waals surface area contributed by atoms with Gasteiger partial charge in [-0.15, -0.1) is 0 Å². The van der Waals surface area contributed by atoms with E-state index in [9.17, 15) is 15.0 Å². The summed E-state index contributed by atoms with van der Waals surface area (Å²) in [5.41, 5.74) is 0.723. The third-order valence-electron chi connectivity index (χ3n) is 4.42. The number of amides is 2. The molecule has 6 nitrogen and oxygen atoms in total. The van der Waals surface area contributed by atoms with Gasteiger partial charge in [-0.1, -0.05) is 25.4 Å². The van der Waals surface area contributed by atoms with Crippen molar-refractivity contribution in [2.45, 2.75) is 13.8 Å². The van der Waals surface area contributed by atoms with Gasteiger partial charge in [0, 0.05) is 45.3 Å². The van der Waals surface area contributed by atoms with Crippen LogP contribution >= 0.6 is 11.6 Å². The van der Waals surface area contributed by atoms with Crippen molar-refractivity contribution >= 4 is 23.3 Å². The first-order chi connectivity index (χ1) is 10.8. The minimum Gasteiger partial charge on any atom is -0.506 e. The molecule has 0 spiro atoms. The lowest BCUT2D eigenvalue weighted by Gasteiger charge is -2.46. The molecule has 0 bridgehead atoms. The third-order valence-corrected chi connectivity index (χ3v) is 4.72. The van der Waals surface area contributed by atoms with Crippen LogP contribution in [0.25, 0.3) is 0 Å². The summed E-state index contributed by atoms with van der Waals surface area (Å²) in [6.45, 7) is 9.27. The minimum atomic E-state index is -0.197. The van der Waals surface area contributed by atoms with E-state index in [4.69, 9.17) is 11.6 Å². The summed E-state index contributed by atoms with van der Waals surface area (Å²) >= 11 is 5.88. The van der Waals surface area contributed by atoms with Crippen molar-refractivity contribution in [2.24, 2.45) is 5.41 Å². The van der Waals surface area contributed by atoms with Crippen LogP contribution in [0.15, 0.2) is 12.1 Å². The molecule has 2 aliphatic rings. The quantitative estimate of drug-likeness (QED) is 0.883. The number of hydrogen-bond acceptors (Lipinski definition) is 4. The number of rotatable bonds is 4. The van der Waals surface area contributed by atoms with Gasteiger partial charge in [0.05, 0.1) is 10.7 Å². The Morgan fingerprint density at radius 2 is 1.83 bits per heavy atom. The van der Waals surface area contributed by atoms with Crippen molar-refractivity contribution in [3.63, 3.8) is 0 Å². The Balaban J connectivity index is 1.62. The Morgan fingerprint density at radius 3 is 2.48 bits per heavy atom. The number of carbonyl (C=O) groups excluding carboxylic acids is 1. The van der Waals surface area contributed by atoms with E-state index in [-0.39, 0.29) is 22.6 Å². The number of aromatic hydroxyl groups is 2. The highest BCUT2D eigenvalue weighted by atomic mass is 35.5. The zero-order valence-corrected chi connectivity index (χ0v) is 14.2. The van der Waals surface area contributed by atoms with Gasteiger partial charge in [0.1, 0.15) is 11.5 Å². The summed E-state index contributed by atoms with van der Waals surface area (Å²) in [6.07, 6.45) is 0. The monoisotopic (exact) mass is 339 g/mol. The average Bonchev–Trinajstić information content (AvgIpc) is 2.79. The molecule has 2 amide bonds. The van der Waals surface area contributed by atoms with Gasteiger partial charge in [0.2, 0.25) is 0 Å². The fraction of sp³-hybridized carbons (Fsp3) is 0.562. The third kappa shape index (κ3) is 3.19. The van der Waals surface area contributed by atoms with Crippen molar-refractivity contribution in [2.75, 3.05) is 44.2 Å². The zero-order valence-electron chi connectivity index (χ0n) is 13.4. The van der Waals surface area contributed by atoms with Gasteiger partial charge in [-0.3, -0.25) is 4.90 Å². The Labute approximate surface area is 140 Å². The maximum Gasteiger partial charge on any atom is 0.324 e. The van der Waals surface area contributed by atoms with Crippen molar-refractivity contribution in [1.82, 2.24) is 9.80 Å². The predicted molar refractivity (Wildman–Crippen MR) is 89.3 cm³/mol. The molecule has 23 heavy (non-hydrogen) atoms. The summed E-state index contributed by atoms with van der Waals surface area (Å²) in [7, 11) is 0. The molecule has 7 heteroatoms. The first-order valence-corrected chi connectivity index (χ1v) is 8.15. The van der Waals surface area contributed by atoms with Crippen molar-refractivity contribution in [3.8, 4) is 11.5 Å². The number of likely N-dealkylation sites (tertiary alicyclic amines) is 1. The number of carbonyl (C=O) groups is 1. The van der Waals surface area contributed by atoms with Crippen LogP contribution in [0, 0.1) is 5.41 Å². The Kier molecular flexibility index (Phi) is 4.06. The minimum absolute atomic E-state index is 0.117. The number of nitrogens with zero attached hydrogens (tertiary/aromatic N) is 3. The van der Waals surface area contributed by atoms with Crippen LogP contribution in [0.3, 0.4) is 0 Å². The number of benzene rings is 1. The maximum atomic E-state index is 12.5. The number of phenols is 2. The summed E-state index contributed by atoms with van der Waals surface area (Å²) in [6, 6.07) is 2.45. The van der Waals surface area contributed by atoms with Crippen LogP contribution in [0.4, 0.5) is 10.5 Å². The van der Waals surface area contributed by atoms with Crippen molar-refractivity contribution in [1.29, 1.82) is 0 Å². The van der Waals surface area contributed by atoms with E-state index in [1.54, 1.807) is 4.90 Å². The van der Waals surface area contributed by atoms with E-state index >= 15 is 0 Å². The highest BCUT2D eigenvalue weighted by Crippen LogP contribution is 2.38. The fourth-order valence-electron chi connectivity index (χ4n) is 3.35. The molecule has 0 aliphatic carbocycles. The van der Waals surface area contributed by atoms with Crippen molar-refractivity contribution in [3.05, 3.63) is 17.2 Å². The van der Waals surface area contributed by atoms with Gasteiger partial charge in [-0.25, -0.2) is 4.79 Å². The maximum absolute atomic E-state index is 12.5. The number of halogens is 1. The van der Waals surface area contributed by atoms with E-state index < -0.39 is 0 Å². The largest absolute Gasteiger partial charge is 0.506 e. The number of phenolic OH excluding ortho intramolecular Hbond substituents is 2. The zero-order chi connectivity index (χ0) is 16.8. The predicted octanol–water partition coefficient (Wildman–Crippen LogP) is 2.34. The van der Waals surface area contributed by atoms with E-state index in [1.165, 1.54) is 11.0 Å². The molecule has 2 N–H and O–H groups in total. The van der Waals surface area contributed by atoms with Crippen LogP contribution < -0.4 is 4.90 Å². The Hall–Kier alpha value is -1.66. The van der Waals surface area contributed by atoms with Gasteiger partial charge >= 0.3 is 6.03 Å². The smallest absolute Gasteiger partial charge is 0.324 e. The lowest BCUT2D eigenvalue weighted by molar-refractivity contribution is 0.0273. The molecule has 0 saturated carbocycles. The first-order valence-electron chi connectivity index (χ1n) is 7.77. The van der Waals surface area contributed by atoms with Gasteiger partial charge in [0.15, 0.2) is 0 Å². The molecule has 2 aliphatic heterocycles. The topological polar surface area (TPSA) is 67.2 Å². The second-order valence-corrected chi connectivity index (χ2v) is 7.50. The molecule has 3 rings (SSSR count). The van der Waals surface area contributed by atoms with Gasteiger partial charge in [0.25, 0.3) is 0 Å². The van der Waals surface area contributed by atoms with Crippen LogP contribution in [0.5, 0.6) is 11.5 Å². The molecule has 0 atom stereocenters. The Bertz CT molecular complexity index is 627. The summed E-state index contributed by atoms with van der Waals surface area (Å²) < 4.78 is 0. The molecule has 2 heterocycles. The van der Waals surface area contributed by atoms with Gasteiger partial charge < -0.3 is 20.0 Å². The van der Waals surface area contributed by atoms with Crippen molar-refractivity contribution < 1.29 is 15.0 Å². The molecule has 2 saturated heterocycles. The highest BCUT2D eigenvalue weighted by Gasteiger charge is 2.36. The number of anilines is 1. The molecular weight excluding hydrogens is 318 g/mol. The van der Waals surface area contributed by atoms with Crippen LogP contribution in [-0.4, -0.2) is 65.3 Å². The van der Waals surface area contributed by atoms with E-state index in [2.05, 4.69) is 18.7 Å². The highest BCUT2D eigenvalue weighted by molar-refractivity contribution is 6.32. The number of hydrogen-bond donors (Lipinski definition) is 2. The lowest BCUT2D eigenvalue weighted by Crippen LogP contribution is -2.54. The summed E-state index contributed by atoms with van der Waals surface area (Å²) in [5.74, 6) is -0.344. The fourth-order valence-corrected chi connectivity index (χ4v) is 3.51. The second-order valence-electron chi connectivity index (χ2n) is 7.09. The molecule has 2 fully saturated rings. The second kappa shape index (κ2) is 5.76. The molecule has 1 aromatic carbocycles. The first kappa shape index (κ1) is 16.2. The summed E-state index contributed by atoms with van der Waals surface area (Å²) in [5, 5.41) is 19.6. The standard InChI is InChI=1S/C16H22ClN3O3/c1-16(2)9-18(10-16)3-4-19-5-6-20(15(19)23)12-7-11(17)13(21)8-14(12)22/h7-8,21-22H,3-6,9-10H2,1-2H3. The lowest BCUT2D eigenvalue weighted by atomic mass is 9.84. The molecule has 1 aromatic rings. The number of urea groups is 1. The molecule has 126 valence electrons.